The Morgan fingerprint density at radius 1 is 0.565 bits per heavy atom. The van der Waals surface area contributed by atoms with E-state index in [9.17, 15) is 0 Å². The summed E-state index contributed by atoms with van der Waals surface area (Å²) >= 11 is 2.57. The zero-order chi connectivity index (χ0) is 51.5. The Morgan fingerprint density at radius 3 is 1.94 bits per heavy atom. The van der Waals surface area contributed by atoms with Gasteiger partial charge in [0.05, 0.1) is 5.48 Å². The number of imidazole rings is 1. The fraction of sp³-hybridized carbons (Fsp3) is 0.238. The summed E-state index contributed by atoms with van der Waals surface area (Å²) in [6.07, 6.45) is 3.63. The van der Waals surface area contributed by atoms with E-state index in [2.05, 4.69) is 200 Å². The first-order valence-corrected chi connectivity index (χ1v) is 25.2. The minimum atomic E-state index is -0.283. The summed E-state index contributed by atoms with van der Waals surface area (Å²) < 4.78 is 50.2. The summed E-state index contributed by atoms with van der Waals surface area (Å²) in [5.74, 6) is 1.87. The summed E-state index contributed by atoms with van der Waals surface area (Å²) in [7, 11) is 0. The van der Waals surface area contributed by atoms with Crippen LogP contribution >= 0.6 is 0 Å². The van der Waals surface area contributed by atoms with Crippen molar-refractivity contribution in [2.75, 3.05) is 0 Å². The van der Waals surface area contributed by atoms with Crippen molar-refractivity contribution in [2.24, 2.45) is 0 Å². The molecule has 5 nitrogen and oxygen atoms in total. The van der Waals surface area contributed by atoms with Crippen LogP contribution in [0.15, 0.2) is 170 Å². The molecule has 0 amide bonds. The molecule has 0 fully saturated rings. The molecular weight excluding hydrogens is 1020 g/mol. The van der Waals surface area contributed by atoms with Gasteiger partial charge < -0.3 is 0 Å². The third-order valence-electron chi connectivity index (χ3n) is 14.0. The van der Waals surface area contributed by atoms with E-state index in [0.29, 0.717) is 39.1 Å². The van der Waals surface area contributed by atoms with Gasteiger partial charge in [-0.1, -0.05) is 38.9 Å². The number of hydrogen-bond acceptors (Lipinski definition) is 2. The van der Waals surface area contributed by atoms with E-state index in [0.717, 1.165) is 50.1 Å². The van der Waals surface area contributed by atoms with Gasteiger partial charge in [0.25, 0.3) is 0 Å². The molecule has 69 heavy (non-hydrogen) atoms. The Kier molecular flexibility index (Phi) is 9.85. The third kappa shape index (κ3) is 8.03. The van der Waals surface area contributed by atoms with Gasteiger partial charge in [-0.3, -0.25) is 0 Å². The van der Waals surface area contributed by atoms with E-state index in [1.807, 2.05) is 34.9 Å². The van der Waals surface area contributed by atoms with Crippen molar-refractivity contribution in [2.45, 2.75) is 97.4 Å². The minimum Gasteiger partial charge on any atom is -0.239 e. The molecule has 7 aromatic carbocycles. The monoisotopic (exact) mass is 1090 g/mol. The van der Waals surface area contributed by atoms with Crippen LogP contribution in [0, 0.1) is 3.80 Å². The van der Waals surface area contributed by atoms with Crippen LogP contribution in [0.3, 0.4) is 0 Å². The molecule has 10 aromatic rings. The fourth-order valence-corrected chi connectivity index (χ4v) is 11.3. The predicted octanol–water partition coefficient (Wildman–Crippen LogP) is 16.6. The number of ether oxygens (including phenoxy) is 1. The molecule has 3 aromatic heterocycles. The summed E-state index contributed by atoms with van der Waals surface area (Å²) in [6.45, 7) is 20.3. The van der Waals surface area contributed by atoms with Crippen LogP contribution in [-0.2, 0) is 42.0 Å². The smallest absolute Gasteiger partial charge is 0.239 e. The molecule has 1 atom stereocenters. The fourth-order valence-electron chi connectivity index (χ4n) is 10.2. The number of benzene rings is 7. The Morgan fingerprint density at radius 2 is 1.22 bits per heavy atom. The zero-order valence-corrected chi connectivity index (χ0v) is 43.1. The molecule has 0 spiro atoms. The number of fused-ring (bicyclic) bond motifs is 5. The van der Waals surface area contributed by atoms with Gasteiger partial charge in [-0.2, -0.15) is 0 Å². The quantitative estimate of drug-likeness (QED) is 0.159. The molecule has 0 saturated carbocycles. The molecule has 6 heteroatoms. The predicted molar refractivity (Wildman–Crippen MR) is 283 cm³/mol. The van der Waals surface area contributed by atoms with Gasteiger partial charge in [0, 0.05) is 6.20 Å². The van der Waals surface area contributed by atoms with Crippen molar-refractivity contribution in [1.29, 1.82) is 0 Å². The molecule has 0 aliphatic heterocycles. The van der Waals surface area contributed by atoms with Crippen LogP contribution < -0.4 is 4.74 Å². The molecule has 0 N–H and O–H groups in total. The van der Waals surface area contributed by atoms with Gasteiger partial charge in [0.2, 0.25) is 0 Å². The molecule has 3 heterocycles. The van der Waals surface area contributed by atoms with Crippen LogP contribution in [0.25, 0.3) is 66.6 Å². The minimum absolute atomic E-state index is 0.0246. The summed E-state index contributed by atoms with van der Waals surface area (Å²) in [6, 6.07) is 49.1. The second-order valence-corrected chi connectivity index (χ2v) is 22.7. The van der Waals surface area contributed by atoms with Crippen LogP contribution in [-0.4, -0.2) is 18.7 Å². The first-order chi connectivity index (χ1) is 34.7. The molecule has 11 rings (SSSR count). The molecule has 0 radical (unpaired) electrons. The van der Waals surface area contributed by atoms with E-state index in [1.165, 1.54) is 33.4 Å². The van der Waals surface area contributed by atoms with Crippen molar-refractivity contribution < 1.29 is 29.6 Å². The molecule has 1 unspecified atom stereocenters. The van der Waals surface area contributed by atoms with Crippen molar-refractivity contribution in [1.82, 2.24) is 18.7 Å². The van der Waals surface area contributed by atoms with Crippen molar-refractivity contribution >= 4 is 32.8 Å². The van der Waals surface area contributed by atoms with Crippen molar-refractivity contribution in [3.63, 3.8) is 0 Å². The Bertz CT molecular complexity index is 3890. The van der Waals surface area contributed by atoms with E-state index < -0.39 is 0 Å². The maximum absolute atomic E-state index is 9.12. The first kappa shape index (κ1) is 40.3. The number of nitrogens with zero attached hydrogens (tertiary/aromatic N) is 4. The van der Waals surface area contributed by atoms with Crippen molar-refractivity contribution in [3.8, 4) is 45.3 Å². The van der Waals surface area contributed by atoms with Crippen molar-refractivity contribution in [3.05, 3.63) is 202 Å². The van der Waals surface area contributed by atoms with E-state index in [-0.39, 0.29) is 46.5 Å². The molecule has 1 aliphatic rings. The standard InChI is InChI=1S/C63H60N4O.Pt/c1-61(2,3)44-32-33-64-59(37-44)67-55-23-14-13-20-51(55)52-30-29-48(39-58(52)67)68-47-28-26-42-27-31-54(53(42)38-47)65-40-66(57-25-16-15-24-56(57)65)60-49(41-18-11-10-12-19-41)21-17-22-50(60)43-34-45(62(4,5)6)36-46(35-43)63(7,8)9;/h10-26,28-30,32-39,54H,27,31H2,1-9H3;/i13D,14D,20D,23D;. The Balaban J connectivity index is 1.06. The van der Waals surface area contributed by atoms with Gasteiger partial charge in [0.15, 0.2) is 0 Å². The summed E-state index contributed by atoms with van der Waals surface area (Å²) in [5, 5.41) is 1.15. The molecule has 348 valence electrons. The number of aryl methyl sites for hydroxylation is 1. The van der Waals surface area contributed by atoms with Gasteiger partial charge in [-0.25, -0.2) is 4.98 Å². The number of aromatic nitrogens is 4. The van der Waals surface area contributed by atoms with Crippen LogP contribution in [0.1, 0.15) is 108 Å². The van der Waals surface area contributed by atoms with Crippen LogP contribution in [0.5, 0.6) is 11.5 Å². The average molecular weight is 1090 g/mol. The van der Waals surface area contributed by atoms with Gasteiger partial charge in [-0.05, 0) is 29.2 Å². The molecule has 1 aliphatic carbocycles. The summed E-state index contributed by atoms with van der Waals surface area (Å²) in [5.41, 5.74) is 15.1. The summed E-state index contributed by atoms with van der Waals surface area (Å²) in [4.78, 5) is 4.79. The number of pyridine rings is 1. The Hall–Kier alpha value is -6.55. The maximum atomic E-state index is 9.12. The van der Waals surface area contributed by atoms with E-state index in [1.54, 1.807) is 6.20 Å². The number of para-hydroxylation sites is 4. The molecule has 0 saturated heterocycles. The average Bonchev–Trinajstić information content (AvgIpc) is 4.03. The van der Waals surface area contributed by atoms with E-state index in [4.69, 9.17) is 15.2 Å². The zero-order valence-electron chi connectivity index (χ0n) is 44.9. The SMILES string of the molecule is [2H]c1c([2H])c([2H])c2c(c1[2H])c1ccc(Oc3ccc4c(c3)C(n3[c](=[Pt])n(-c5c(-c6ccccc6)cccc5-c5cc(C(C)(C)C)cc(C(C)(C)C)c5)c5ccccc53)CC4)cc1n2-c1cc(C(C)(C)C)ccn1. The second-order valence-electron chi connectivity index (χ2n) is 21.7. The molecule has 0 bridgehead atoms. The number of hydrogen-bond donors (Lipinski definition) is 0. The van der Waals surface area contributed by atoms with Gasteiger partial charge in [0.1, 0.15) is 0 Å². The van der Waals surface area contributed by atoms with Gasteiger partial charge >= 0.3 is 341 Å². The van der Waals surface area contributed by atoms with E-state index >= 15 is 0 Å². The number of rotatable bonds is 7. The van der Waals surface area contributed by atoms with Crippen LogP contribution in [0.4, 0.5) is 0 Å². The second kappa shape index (κ2) is 16.8. The first-order valence-electron chi connectivity index (χ1n) is 26.0. The van der Waals surface area contributed by atoms with Crippen LogP contribution in [0.2, 0.25) is 0 Å². The molecular formula is C63H60N4OPt. The third-order valence-corrected chi connectivity index (χ3v) is 15.0. The normalized spacial score (nSPS) is 15.1. The van der Waals surface area contributed by atoms with Gasteiger partial charge in [-0.15, -0.1) is 0 Å². The topological polar surface area (TPSA) is 36.9 Å². The Labute approximate surface area is 423 Å².